The van der Waals surface area contributed by atoms with E-state index in [1.807, 2.05) is 0 Å². The third-order valence-corrected chi connectivity index (χ3v) is 18.6. The Morgan fingerprint density at radius 2 is 0.721 bits per heavy atom. The molecule has 4 aliphatic heterocycles. The Morgan fingerprint density at radius 3 is 1.03 bits per heavy atom. The summed E-state index contributed by atoms with van der Waals surface area (Å²) in [6.45, 7) is 5.69. The Balaban J connectivity index is 0.887. The van der Waals surface area contributed by atoms with Crippen molar-refractivity contribution in [1.29, 1.82) is 0 Å². The van der Waals surface area contributed by atoms with Gasteiger partial charge in [0, 0.05) is 77.7 Å². The lowest BCUT2D eigenvalue weighted by Crippen LogP contribution is -2.64. The van der Waals surface area contributed by atoms with Crippen LogP contribution in [0.4, 0.5) is 0 Å². The molecule has 8 rings (SSSR count). The topological polar surface area (TPSA) is 607 Å². The highest BCUT2D eigenvalue weighted by Gasteiger charge is 2.49. The van der Waals surface area contributed by atoms with Crippen molar-refractivity contribution < 1.29 is 142 Å². The van der Waals surface area contributed by atoms with E-state index in [0.29, 0.717) is 42.2 Å². The average Bonchev–Trinajstić information content (AvgIpc) is 1.83. The Labute approximate surface area is 637 Å². The van der Waals surface area contributed by atoms with Gasteiger partial charge in [-0.3, -0.25) is 29.0 Å². The Hall–Kier alpha value is -6.60. The van der Waals surface area contributed by atoms with Gasteiger partial charge in [0.05, 0.1) is 161 Å². The molecule has 0 saturated carbocycles. The summed E-state index contributed by atoms with van der Waals surface area (Å²) in [6, 6.07) is -4.48. The standard InChI is InChI=1S/C65H109N17O29/c1-37-53(90)54(91)46(33-83)108-62(37)104-21-17-100-15-11-81-31-43(71-75-81)27-78(28-44-32-82(76-72-44)12-16-103-20-24-107-65-52(68-40(4)89)60(97)57(94)49(36-86)111-65)45(61(98)99)7-5-6-8-77(25-41-29-79(73-69-41)9-13-101-18-22-105-63-50(66-38(2)87)58(95)55(92)47(34-84)109-63)26-42-30-80(74-70-42)10-14-102-19-23-106-64-51(67-39(3)88)59(96)56(93)48(35-85)110-64/h29-32,37,45-60,62-65,83-86,90-97H,5-28,33-36H2,1-4H3,(H,66,87)(H,67,88)(H,68,89)(H,98,99)/t37-,45+,46-,47-,48-,49-,50-,51-,52-,53-,54+,55+,56+,57+,58-,59-,60-,62-,63-,64-,65-/m1/s1. The number of carboxylic acids is 1. The highest BCUT2D eigenvalue weighted by Crippen LogP contribution is 2.29. The number of aromatic nitrogens is 12. The van der Waals surface area contributed by atoms with Crippen LogP contribution in [0, 0.1) is 5.92 Å². The molecule has 4 aromatic heterocycles. The van der Waals surface area contributed by atoms with Crippen LogP contribution in [0.2, 0.25) is 0 Å². The maximum atomic E-state index is 13.5. The molecule has 0 unspecified atom stereocenters. The lowest BCUT2D eigenvalue weighted by molar-refractivity contribution is -0.284. The van der Waals surface area contributed by atoms with Gasteiger partial charge in [-0.05, 0) is 19.4 Å². The SMILES string of the molecule is CC(=O)N[C@H]1[C@H](OCCOCCn2cc(CN(CCCC[C@@H](C(=O)O)N(Cc3cn(CCOCCO[C@@H]4O[C@H](CO)[C@H](O)[C@H](O)[C@H]4C)nn3)Cc3cn(CCOCCO[C@@H]4O[C@H](CO)[C@H](O)[C@H](O)[C@H]4NC(C)=O)nn3)Cc3cn(CCOCCO[C@@H]4O[C@H](CO)[C@H](O)[C@H](O)[C@H]4NC(C)=O)nn3)nn2)O[C@H](CO)[C@H](O)[C@@H]1O. The maximum Gasteiger partial charge on any atom is 0.320 e. The molecule has 0 bridgehead atoms. The fourth-order valence-corrected chi connectivity index (χ4v) is 12.8. The first-order valence-corrected chi connectivity index (χ1v) is 36.7. The van der Waals surface area contributed by atoms with Crippen LogP contribution in [0.25, 0.3) is 0 Å². The first-order valence-electron chi connectivity index (χ1n) is 36.7. The Bertz CT molecular complexity index is 3260. The number of hydrogen-bond acceptors (Lipinski definition) is 38. The molecular formula is C65H109N17O29. The van der Waals surface area contributed by atoms with E-state index in [2.05, 4.69) is 62.1 Å². The molecule has 4 aliphatic rings. The van der Waals surface area contributed by atoms with Crippen LogP contribution in [0.5, 0.6) is 0 Å². The summed E-state index contributed by atoms with van der Waals surface area (Å²) in [5.74, 6) is -3.21. The van der Waals surface area contributed by atoms with E-state index in [4.69, 9.17) is 56.8 Å². The van der Waals surface area contributed by atoms with Gasteiger partial charge in [0.2, 0.25) is 17.7 Å². The molecule has 21 atom stereocenters. The molecule has 4 fully saturated rings. The summed E-state index contributed by atoms with van der Waals surface area (Å²) < 4.78 is 74.9. The zero-order valence-corrected chi connectivity index (χ0v) is 62.3. The molecule has 628 valence electrons. The number of aliphatic carboxylic acids is 1. The van der Waals surface area contributed by atoms with E-state index in [-0.39, 0.29) is 138 Å². The fraction of sp³-hybridized carbons (Fsp3) is 0.815. The van der Waals surface area contributed by atoms with Crippen LogP contribution >= 0.6 is 0 Å². The quantitative estimate of drug-likeness (QED) is 0.0183. The van der Waals surface area contributed by atoms with Crippen LogP contribution < -0.4 is 16.0 Å². The van der Waals surface area contributed by atoms with Gasteiger partial charge in [0.25, 0.3) is 0 Å². The number of carboxylic acid groups (broad SMARTS) is 1. The van der Waals surface area contributed by atoms with E-state index < -0.39 is 179 Å². The first kappa shape index (κ1) is 89.9. The van der Waals surface area contributed by atoms with Gasteiger partial charge in [-0.15, -0.1) is 20.4 Å². The Morgan fingerprint density at radius 1 is 0.423 bits per heavy atom. The predicted molar refractivity (Wildman–Crippen MR) is 369 cm³/mol. The van der Waals surface area contributed by atoms with Gasteiger partial charge >= 0.3 is 5.97 Å². The highest BCUT2D eigenvalue weighted by molar-refractivity contribution is 5.74. The van der Waals surface area contributed by atoms with Gasteiger partial charge < -0.3 is 139 Å². The number of aliphatic hydroxyl groups excluding tert-OH is 12. The van der Waals surface area contributed by atoms with Crippen molar-refractivity contribution in [3.8, 4) is 0 Å². The summed E-state index contributed by atoms with van der Waals surface area (Å²) in [4.78, 5) is 52.9. The molecule has 0 radical (unpaired) electrons. The van der Waals surface area contributed by atoms with Crippen molar-refractivity contribution in [2.45, 2.75) is 222 Å². The number of ether oxygens (including phenoxy) is 12. The minimum atomic E-state index is -1.49. The lowest BCUT2D eigenvalue weighted by Gasteiger charge is -2.42. The number of carbonyl (C=O) groups excluding carboxylic acids is 3. The van der Waals surface area contributed by atoms with E-state index in [1.54, 1.807) is 50.7 Å². The summed E-state index contributed by atoms with van der Waals surface area (Å²) in [7, 11) is 0. The molecule has 111 heavy (non-hydrogen) atoms. The van der Waals surface area contributed by atoms with Crippen molar-refractivity contribution in [2.75, 3.05) is 112 Å². The van der Waals surface area contributed by atoms with Gasteiger partial charge in [0.1, 0.15) is 91.3 Å². The predicted octanol–water partition coefficient (Wildman–Crippen LogP) is -9.58. The van der Waals surface area contributed by atoms with Crippen LogP contribution in [0.3, 0.4) is 0 Å². The largest absolute Gasteiger partial charge is 0.480 e. The van der Waals surface area contributed by atoms with Crippen LogP contribution in [0.15, 0.2) is 24.8 Å². The second kappa shape index (κ2) is 46.1. The zero-order chi connectivity index (χ0) is 80.1. The van der Waals surface area contributed by atoms with E-state index in [9.17, 15) is 85.6 Å². The molecule has 0 spiro atoms. The van der Waals surface area contributed by atoms with Gasteiger partial charge in [-0.25, -0.2) is 18.7 Å². The molecule has 4 aromatic rings. The smallest absolute Gasteiger partial charge is 0.320 e. The van der Waals surface area contributed by atoms with E-state index in [1.165, 1.54) is 25.5 Å². The van der Waals surface area contributed by atoms with E-state index in [0.717, 1.165) is 0 Å². The Kier molecular flexibility index (Phi) is 37.3. The lowest BCUT2D eigenvalue weighted by atomic mass is 9.92. The van der Waals surface area contributed by atoms with Crippen molar-refractivity contribution in [2.24, 2.45) is 5.92 Å². The number of hydrogen-bond donors (Lipinski definition) is 16. The minimum absolute atomic E-state index is 0.00194. The molecule has 8 heterocycles. The fourth-order valence-electron chi connectivity index (χ4n) is 12.8. The number of amides is 3. The second-order valence-electron chi connectivity index (χ2n) is 27.2. The van der Waals surface area contributed by atoms with Crippen molar-refractivity contribution in [3.05, 3.63) is 47.6 Å². The average molecular weight is 1590 g/mol. The van der Waals surface area contributed by atoms with Crippen LogP contribution in [-0.2, 0) is 128 Å². The molecule has 16 N–H and O–H groups in total. The van der Waals surface area contributed by atoms with Crippen LogP contribution in [0.1, 0.15) is 69.7 Å². The molecule has 3 amide bonds. The molecule has 46 heteroatoms. The molecule has 0 aromatic carbocycles. The summed E-state index contributed by atoms with van der Waals surface area (Å²) in [6.07, 6.45) is -12.5. The second-order valence-corrected chi connectivity index (χ2v) is 27.2. The number of nitrogens with one attached hydrogen (secondary N) is 3. The maximum absolute atomic E-state index is 13.5. The number of carbonyl (C=O) groups is 4. The molecule has 0 aliphatic carbocycles. The summed E-state index contributed by atoms with van der Waals surface area (Å²) in [5.41, 5.74) is 1.98. The molecule has 46 nitrogen and oxygen atoms in total. The number of nitrogens with zero attached hydrogens (tertiary/aromatic N) is 14. The monoisotopic (exact) mass is 1590 g/mol. The number of rotatable bonds is 50. The van der Waals surface area contributed by atoms with Gasteiger partial charge in [-0.2, -0.15) is 0 Å². The summed E-state index contributed by atoms with van der Waals surface area (Å²) >= 11 is 0. The molecule has 4 saturated heterocycles. The van der Waals surface area contributed by atoms with Crippen molar-refractivity contribution in [1.82, 2.24) is 85.7 Å². The van der Waals surface area contributed by atoms with Crippen molar-refractivity contribution in [3.63, 3.8) is 0 Å². The van der Waals surface area contributed by atoms with Gasteiger partial charge in [0.15, 0.2) is 25.2 Å². The minimum Gasteiger partial charge on any atom is -0.480 e. The molecular weight excluding hydrogens is 1480 g/mol. The third kappa shape index (κ3) is 27.6. The van der Waals surface area contributed by atoms with E-state index >= 15 is 0 Å². The number of aliphatic hydroxyl groups is 12. The van der Waals surface area contributed by atoms with Gasteiger partial charge in [-0.1, -0.05) is 34.2 Å². The first-order chi connectivity index (χ1) is 53.4. The zero-order valence-electron chi connectivity index (χ0n) is 62.3. The summed E-state index contributed by atoms with van der Waals surface area (Å²) in [5, 5.41) is 176. The normalized spacial score (nSPS) is 28.7. The number of unbranched alkanes of at least 4 members (excludes halogenated alkanes) is 1. The van der Waals surface area contributed by atoms with Crippen molar-refractivity contribution >= 4 is 23.7 Å². The third-order valence-electron chi connectivity index (χ3n) is 18.6. The highest BCUT2D eigenvalue weighted by atomic mass is 16.7. The van der Waals surface area contributed by atoms with Crippen LogP contribution in [-0.4, -0.2) is 395 Å².